The molecule has 0 saturated carbocycles. The van der Waals surface area contributed by atoms with Crippen molar-refractivity contribution in [3.05, 3.63) is 10.6 Å². The van der Waals surface area contributed by atoms with Crippen LogP contribution < -0.4 is 0 Å². The highest BCUT2D eigenvalue weighted by Crippen LogP contribution is 2.33. The minimum atomic E-state index is -0.745. The number of carbonyl (C=O) groups is 1. The van der Waals surface area contributed by atoms with Crippen molar-refractivity contribution in [2.75, 3.05) is 0 Å². The molecule has 4 nitrogen and oxygen atoms in total. The van der Waals surface area contributed by atoms with E-state index in [4.69, 9.17) is 5.11 Å². The zero-order valence-electron chi connectivity index (χ0n) is 7.06. The first-order valence-electron chi connectivity index (χ1n) is 4.30. The zero-order chi connectivity index (χ0) is 9.26. The van der Waals surface area contributed by atoms with Crippen molar-refractivity contribution in [1.82, 2.24) is 9.59 Å². The van der Waals surface area contributed by atoms with Gasteiger partial charge in [-0.15, -0.1) is 5.10 Å². The van der Waals surface area contributed by atoms with Crippen LogP contribution in [0.2, 0.25) is 0 Å². The highest BCUT2D eigenvalue weighted by atomic mass is 32.1. The van der Waals surface area contributed by atoms with E-state index in [1.165, 1.54) is 16.4 Å². The van der Waals surface area contributed by atoms with E-state index in [2.05, 4.69) is 9.59 Å². The number of rotatable bonds is 2. The summed E-state index contributed by atoms with van der Waals surface area (Å²) in [5.74, 6) is -0.647. The first kappa shape index (κ1) is 8.62. The maximum Gasteiger partial charge on any atom is 0.304 e. The van der Waals surface area contributed by atoms with Crippen LogP contribution >= 0.6 is 11.5 Å². The Kier molecular flexibility index (Phi) is 2.26. The van der Waals surface area contributed by atoms with E-state index in [0.717, 1.165) is 25.0 Å². The first-order valence-corrected chi connectivity index (χ1v) is 5.07. The molecular formula is C8H10N2O2S. The van der Waals surface area contributed by atoms with Crippen molar-refractivity contribution in [3.8, 4) is 0 Å². The fourth-order valence-electron chi connectivity index (χ4n) is 1.75. The zero-order valence-corrected chi connectivity index (χ0v) is 7.88. The van der Waals surface area contributed by atoms with Gasteiger partial charge in [-0.05, 0) is 30.8 Å². The standard InChI is InChI=1S/C8H10N2O2S/c11-7(12)4-5-2-1-3-6-8(5)9-10-13-6/h5H,1-4H2,(H,11,12). The summed E-state index contributed by atoms with van der Waals surface area (Å²) < 4.78 is 3.86. The van der Waals surface area contributed by atoms with Crippen molar-refractivity contribution in [3.63, 3.8) is 0 Å². The second-order valence-electron chi connectivity index (χ2n) is 3.27. The molecule has 70 valence electrons. The van der Waals surface area contributed by atoms with Crippen molar-refractivity contribution in [1.29, 1.82) is 0 Å². The van der Waals surface area contributed by atoms with Crippen LogP contribution in [0.15, 0.2) is 0 Å². The third kappa shape index (κ3) is 1.70. The summed E-state index contributed by atoms with van der Waals surface area (Å²) in [4.78, 5) is 11.7. The average Bonchev–Trinajstić information content (AvgIpc) is 2.51. The third-order valence-electron chi connectivity index (χ3n) is 2.35. The van der Waals surface area contributed by atoms with Gasteiger partial charge in [-0.3, -0.25) is 4.79 Å². The lowest BCUT2D eigenvalue weighted by Crippen LogP contribution is -2.12. The predicted octanol–water partition coefficient (Wildman–Crippen LogP) is 1.43. The second-order valence-corrected chi connectivity index (χ2v) is 4.11. The van der Waals surface area contributed by atoms with E-state index in [1.807, 2.05) is 0 Å². The van der Waals surface area contributed by atoms with Crippen LogP contribution in [-0.4, -0.2) is 20.7 Å². The molecule has 1 heterocycles. The Bertz CT molecular complexity index is 324. The Labute approximate surface area is 79.8 Å². The SMILES string of the molecule is O=C(O)CC1CCCc2snnc21. The number of carboxylic acids is 1. The van der Waals surface area contributed by atoms with E-state index in [0.29, 0.717) is 0 Å². The van der Waals surface area contributed by atoms with Crippen molar-refractivity contribution in [2.45, 2.75) is 31.6 Å². The van der Waals surface area contributed by atoms with Crippen LogP contribution in [-0.2, 0) is 11.2 Å². The molecule has 1 aliphatic rings. The Morgan fingerprint density at radius 2 is 2.54 bits per heavy atom. The molecule has 1 aromatic heterocycles. The summed E-state index contributed by atoms with van der Waals surface area (Å²) in [6.07, 6.45) is 3.21. The molecule has 1 aromatic rings. The van der Waals surface area contributed by atoms with Crippen molar-refractivity contribution in [2.24, 2.45) is 0 Å². The molecule has 0 spiro atoms. The molecule has 0 bridgehead atoms. The minimum Gasteiger partial charge on any atom is -0.481 e. The monoisotopic (exact) mass is 198 g/mol. The molecular weight excluding hydrogens is 188 g/mol. The van der Waals surface area contributed by atoms with Crippen LogP contribution in [0.5, 0.6) is 0 Å². The number of aliphatic carboxylic acids is 1. The lowest BCUT2D eigenvalue weighted by atomic mass is 9.89. The minimum absolute atomic E-state index is 0.0972. The average molecular weight is 198 g/mol. The van der Waals surface area contributed by atoms with Gasteiger partial charge < -0.3 is 5.11 Å². The molecule has 1 atom stereocenters. The van der Waals surface area contributed by atoms with E-state index >= 15 is 0 Å². The summed E-state index contributed by atoms with van der Waals surface area (Å²) >= 11 is 1.40. The largest absolute Gasteiger partial charge is 0.481 e. The topological polar surface area (TPSA) is 63.1 Å². The van der Waals surface area contributed by atoms with Crippen LogP contribution in [0.4, 0.5) is 0 Å². The normalized spacial score (nSPS) is 21.1. The number of aryl methyl sites for hydroxylation is 1. The van der Waals surface area contributed by atoms with Crippen LogP contribution in [0.1, 0.15) is 35.8 Å². The smallest absolute Gasteiger partial charge is 0.304 e. The Balaban J connectivity index is 2.20. The fourth-order valence-corrected chi connectivity index (χ4v) is 2.52. The molecule has 1 N–H and O–H groups in total. The summed E-state index contributed by atoms with van der Waals surface area (Å²) in [6.45, 7) is 0. The fraction of sp³-hybridized carbons (Fsp3) is 0.625. The quantitative estimate of drug-likeness (QED) is 0.780. The number of hydrogen-bond acceptors (Lipinski definition) is 4. The second kappa shape index (κ2) is 3.41. The van der Waals surface area contributed by atoms with Crippen LogP contribution in [0.25, 0.3) is 0 Å². The molecule has 0 aliphatic heterocycles. The van der Waals surface area contributed by atoms with Crippen molar-refractivity contribution < 1.29 is 9.90 Å². The van der Waals surface area contributed by atoms with Gasteiger partial charge in [0.25, 0.3) is 0 Å². The van der Waals surface area contributed by atoms with Gasteiger partial charge >= 0.3 is 5.97 Å². The van der Waals surface area contributed by atoms with E-state index < -0.39 is 5.97 Å². The Hall–Kier alpha value is -0.970. The van der Waals surface area contributed by atoms with E-state index in [-0.39, 0.29) is 12.3 Å². The molecule has 0 fully saturated rings. The summed E-state index contributed by atoms with van der Waals surface area (Å²) in [5, 5.41) is 12.7. The molecule has 0 saturated heterocycles. The van der Waals surface area contributed by atoms with Gasteiger partial charge in [0, 0.05) is 10.8 Å². The van der Waals surface area contributed by atoms with Gasteiger partial charge in [-0.1, -0.05) is 4.49 Å². The molecule has 2 rings (SSSR count). The maximum absolute atomic E-state index is 10.6. The summed E-state index contributed by atoms with van der Waals surface area (Å²) in [7, 11) is 0. The number of hydrogen-bond donors (Lipinski definition) is 1. The van der Waals surface area contributed by atoms with Gasteiger partial charge in [0.05, 0.1) is 12.1 Å². The first-order chi connectivity index (χ1) is 6.27. The number of aromatic nitrogens is 2. The molecule has 0 radical (unpaired) electrons. The molecule has 13 heavy (non-hydrogen) atoms. The number of carboxylic acid groups (broad SMARTS) is 1. The molecule has 1 aliphatic carbocycles. The molecule has 0 amide bonds. The Morgan fingerprint density at radius 1 is 1.69 bits per heavy atom. The van der Waals surface area contributed by atoms with Crippen LogP contribution in [0, 0.1) is 0 Å². The molecule has 0 aromatic carbocycles. The van der Waals surface area contributed by atoms with Gasteiger partial charge in [0.1, 0.15) is 0 Å². The molecule has 1 unspecified atom stereocenters. The lowest BCUT2D eigenvalue weighted by molar-refractivity contribution is -0.137. The third-order valence-corrected chi connectivity index (χ3v) is 3.15. The van der Waals surface area contributed by atoms with Crippen molar-refractivity contribution >= 4 is 17.5 Å². The van der Waals surface area contributed by atoms with Gasteiger partial charge in [-0.2, -0.15) is 0 Å². The highest BCUT2D eigenvalue weighted by molar-refractivity contribution is 7.05. The maximum atomic E-state index is 10.6. The molecule has 5 heteroatoms. The summed E-state index contributed by atoms with van der Waals surface area (Å²) in [5.41, 5.74) is 0.929. The number of nitrogens with zero attached hydrogens (tertiary/aromatic N) is 2. The summed E-state index contributed by atoms with van der Waals surface area (Å²) in [6, 6.07) is 0. The number of fused-ring (bicyclic) bond motifs is 1. The highest BCUT2D eigenvalue weighted by Gasteiger charge is 2.25. The van der Waals surface area contributed by atoms with Gasteiger partial charge in [0.2, 0.25) is 0 Å². The Morgan fingerprint density at radius 3 is 3.31 bits per heavy atom. The predicted molar refractivity (Wildman–Crippen MR) is 47.8 cm³/mol. The van der Waals surface area contributed by atoms with Gasteiger partial charge in [-0.25, -0.2) is 0 Å². The van der Waals surface area contributed by atoms with E-state index in [9.17, 15) is 4.79 Å². The lowest BCUT2D eigenvalue weighted by Gasteiger charge is -2.17. The van der Waals surface area contributed by atoms with Crippen LogP contribution in [0.3, 0.4) is 0 Å². The van der Waals surface area contributed by atoms with E-state index in [1.54, 1.807) is 0 Å². The van der Waals surface area contributed by atoms with Gasteiger partial charge in [0.15, 0.2) is 0 Å².